The smallest absolute Gasteiger partial charge is 0.180 e. The molecule has 104 valence electrons. The Labute approximate surface area is 118 Å². The highest BCUT2D eigenvalue weighted by atomic mass is 32.1. The molecule has 0 aliphatic heterocycles. The van der Waals surface area contributed by atoms with Crippen molar-refractivity contribution in [2.75, 3.05) is 19.5 Å². The lowest BCUT2D eigenvalue weighted by Gasteiger charge is -2.17. The van der Waals surface area contributed by atoms with Gasteiger partial charge in [0.25, 0.3) is 0 Å². The van der Waals surface area contributed by atoms with Gasteiger partial charge in [-0.15, -0.1) is 11.3 Å². The van der Waals surface area contributed by atoms with Crippen LogP contribution < -0.4 is 5.73 Å². The summed E-state index contributed by atoms with van der Waals surface area (Å²) in [7, 11) is 1.73. The molecular formula is C14H21N3OS. The van der Waals surface area contributed by atoms with Crippen molar-refractivity contribution >= 4 is 16.5 Å². The number of nitrogen functional groups attached to an aromatic ring is 1. The second-order valence-corrected chi connectivity index (χ2v) is 6.15. The first-order valence-corrected chi connectivity index (χ1v) is 7.18. The number of aromatic nitrogens is 2. The zero-order valence-electron chi connectivity index (χ0n) is 12.2. The van der Waals surface area contributed by atoms with Crippen LogP contribution in [0.1, 0.15) is 29.2 Å². The quantitative estimate of drug-likeness (QED) is 0.934. The number of ether oxygens (including phenoxy) is 1. The van der Waals surface area contributed by atoms with E-state index in [4.69, 9.17) is 10.5 Å². The molecule has 2 N–H and O–H groups in total. The van der Waals surface area contributed by atoms with Gasteiger partial charge in [0.05, 0.1) is 18.3 Å². The number of anilines is 1. The maximum absolute atomic E-state index is 5.80. The van der Waals surface area contributed by atoms with E-state index < -0.39 is 0 Å². The van der Waals surface area contributed by atoms with Crippen LogP contribution in [0, 0.1) is 20.8 Å². The van der Waals surface area contributed by atoms with Gasteiger partial charge in [-0.25, -0.2) is 4.98 Å². The van der Waals surface area contributed by atoms with Gasteiger partial charge >= 0.3 is 0 Å². The molecule has 0 fully saturated rings. The van der Waals surface area contributed by atoms with Crippen LogP contribution in [0.15, 0.2) is 6.07 Å². The molecule has 2 rings (SSSR count). The molecule has 0 amide bonds. The Morgan fingerprint density at radius 3 is 2.63 bits per heavy atom. The maximum atomic E-state index is 5.80. The monoisotopic (exact) mass is 279 g/mol. The van der Waals surface area contributed by atoms with Crippen LogP contribution in [0.3, 0.4) is 0 Å². The van der Waals surface area contributed by atoms with Crippen LogP contribution in [0.25, 0.3) is 11.3 Å². The molecule has 1 atom stereocenters. The van der Waals surface area contributed by atoms with Crippen molar-refractivity contribution in [3.63, 3.8) is 0 Å². The van der Waals surface area contributed by atoms with Crippen LogP contribution in [0.5, 0.6) is 0 Å². The summed E-state index contributed by atoms with van der Waals surface area (Å²) >= 11 is 1.54. The predicted octanol–water partition coefficient (Wildman–Crippen LogP) is 3.33. The molecule has 0 spiro atoms. The molecule has 0 saturated carbocycles. The van der Waals surface area contributed by atoms with E-state index in [1.807, 2.05) is 0 Å². The second kappa shape index (κ2) is 5.35. The fourth-order valence-electron chi connectivity index (χ4n) is 2.68. The number of nitrogens with two attached hydrogens (primary N) is 1. The van der Waals surface area contributed by atoms with E-state index >= 15 is 0 Å². The van der Waals surface area contributed by atoms with E-state index in [9.17, 15) is 0 Å². The molecule has 0 saturated heterocycles. The first-order chi connectivity index (χ1) is 8.95. The Balaban J connectivity index is 2.50. The van der Waals surface area contributed by atoms with Gasteiger partial charge in [-0.05, 0) is 33.8 Å². The summed E-state index contributed by atoms with van der Waals surface area (Å²) in [5.74, 6) is 0. The first kappa shape index (κ1) is 14.1. The summed E-state index contributed by atoms with van der Waals surface area (Å²) < 4.78 is 7.56. The number of rotatable bonds is 4. The molecule has 19 heavy (non-hydrogen) atoms. The van der Waals surface area contributed by atoms with Crippen molar-refractivity contribution in [1.82, 2.24) is 9.55 Å². The fourth-order valence-corrected chi connectivity index (χ4v) is 3.38. The third kappa shape index (κ3) is 2.53. The molecule has 0 bridgehead atoms. The maximum Gasteiger partial charge on any atom is 0.180 e. The lowest BCUT2D eigenvalue weighted by atomic mass is 10.1. The van der Waals surface area contributed by atoms with Gasteiger partial charge in [0.15, 0.2) is 5.13 Å². The standard InChI is InChI=1S/C14H21N3OS/c1-8-6-12(13-11(4)19-14(15)16-13)10(3)17(8)9(2)7-18-5/h6,9H,7H2,1-5H3,(H2,15,16). The van der Waals surface area contributed by atoms with Crippen LogP contribution in [-0.4, -0.2) is 23.3 Å². The van der Waals surface area contributed by atoms with Crippen molar-refractivity contribution in [1.29, 1.82) is 0 Å². The number of hydrogen-bond donors (Lipinski definition) is 1. The van der Waals surface area contributed by atoms with Crippen LogP contribution in [-0.2, 0) is 4.74 Å². The Bertz CT molecular complexity index is 586. The van der Waals surface area contributed by atoms with Crippen molar-refractivity contribution in [2.45, 2.75) is 33.7 Å². The molecule has 2 aromatic rings. The third-order valence-corrected chi connectivity index (χ3v) is 4.20. The Morgan fingerprint density at radius 2 is 2.11 bits per heavy atom. The molecule has 0 aliphatic rings. The van der Waals surface area contributed by atoms with E-state index in [0.717, 1.165) is 10.6 Å². The minimum Gasteiger partial charge on any atom is -0.383 e. The van der Waals surface area contributed by atoms with Crippen LogP contribution in [0.2, 0.25) is 0 Å². The van der Waals surface area contributed by atoms with E-state index in [1.165, 1.54) is 28.3 Å². The molecule has 0 aromatic carbocycles. The summed E-state index contributed by atoms with van der Waals surface area (Å²) in [5, 5.41) is 0.627. The Morgan fingerprint density at radius 1 is 1.42 bits per heavy atom. The zero-order chi connectivity index (χ0) is 14.2. The average Bonchev–Trinajstić information content (AvgIpc) is 2.79. The summed E-state index contributed by atoms with van der Waals surface area (Å²) in [6.45, 7) is 9.18. The SMILES string of the molecule is COCC(C)n1c(C)cc(-c2nc(N)sc2C)c1C. The molecular weight excluding hydrogens is 258 g/mol. The number of aryl methyl sites for hydroxylation is 2. The fraction of sp³-hybridized carbons (Fsp3) is 0.500. The van der Waals surface area contributed by atoms with Crippen LogP contribution >= 0.6 is 11.3 Å². The number of methoxy groups -OCH3 is 1. The zero-order valence-corrected chi connectivity index (χ0v) is 13.0. The highest BCUT2D eigenvalue weighted by Crippen LogP contribution is 2.34. The molecule has 0 radical (unpaired) electrons. The second-order valence-electron chi connectivity index (χ2n) is 4.92. The van der Waals surface area contributed by atoms with E-state index in [0.29, 0.717) is 17.8 Å². The van der Waals surface area contributed by atoms with Crippen molar-refractivity contribution in [3.05, 3.63) is 22.3 Å². The molecule has 2 aromatic heterocycles. The summed E-state index contributed by atoms with van der Waals surface area (Å²) in [5.41, 5.74) is 10.4. The molecule has 5 heteroatoms. The lowest BCUT2D eigenvalue weighted by molar-refractivity contribution is 0.161. The van der Waals surface area contributed by atoms with Gasteiger partial charge < -0.3 is 15.0 Å². The topological polar surface area (TPSA) is 53.1 Å². The first-order valence-electron chi connectivity index (χ1n) is 6.36. The summed E-state index contributed by atoms with van der Waals surface area (Å²) in [6.07, 6.45) is 0. The Kier molecular flexibility index (Phi) is 3.96. The van der Waals surface area contributed by atoms with Crippen molar-refractivity contribution in [2.24, 2.45) is 0 Å². The largest absolute Gasteiger partial charge is 0.383 e. The highest BCUT2D eigenvalue weighted by Gasteiger charge is 2.18. The average molecular weight is 279 g/mol. The molecule has 1 unspecified atom stereocenters. The number of thiazole rings is 1. The molecule has 4 nitrogen and oxygen atoms in total. The van der Waals surface area contributed by atoms with E-state index in [1.54, 1.807) is 7.11 Å². The van der Waals surface area contributed by atoms with Gasteiger partial charge in [0.2, 0.25) is 0 Å². The summed E-state index contributed by atoms with van der Waals surface area (Å²) in [4.78, 5) is 5.62. The highest BCUT2D eigenvalue weighted by molar-refractivity contribution is 7.15. The normalized spacial score (nSPS) is 12.9. The number of nitrogens with zero attached hydrogens (tertiary/aromatic N) is 2. The van der Waals surface area contributed by atoms with Gasteiger partial charge in [0, 0.05) is 28.9 Å². The van der Waals surface area contributed by atoms with Gasteiger partial charge in [0.1, 0.15) is 0 Å². The van der Waals surface area contributed by atoms with E-state index in [2.05, 4.69) is 43.3 Å². The van der Waals surface area contributed by atoms with Gasteiger partial charge in [-0.3, -0.25) is 0 Å². The minimum atomic E-state index is 0.315. The van der Waals surface area contributed by atoms with Crippen molar-refractivity contribution < 1.29 is 4.74 Å². The van der Waals surface area contributed by atoms with Crippen molar-refractivity contribution in [3.8, 4) is 11.3 Å². The molecule has 0 aliphatic carbocycles. The number of hydrogen-bond acceptors (Lipinski definition) is 4. The van der Waals surface area contributed by atoms with Gasteiger partial charge in [-0.1, -0.05) is 0 Å². The minimum absolute atomic E-state index is 0.315. The summed E-state index contributed by atoms with van der Waals surface area (Å²) in [6, 6.07) is 2.50. The van der Waals surface area contributed by atoms with Gasteiger partial charge in [-0.2, -0.15) is 0 Å². The van der Waals surface area contributed by atoms with Crippen LogP contribution in [0.4, 0.5) is 5.13 Å². The third-order valence-electron chi connectivity index (χ3n) is 3.40. The predicted molar refractivity (Wildman–Crippen MR) is 80.8 cm³/mol. The van der Waals surface area contributed by atoms with E-state index in [-0.39, 0.29) is 0 Å². The lowest BCUT2D eigenvalue weighted by Crippen LogP contribution is -2.13. The Hall–Kier alpha value is -1.33. The molecule has 2 heterocycles.